The van der Waals surface area contributed by atoms with Crippen molar-refractivity contribution >= 4 is 5.97 Å². The van der Waals surface area contributed by atoms with E-state index in [1.54, 1.807) is 13.8 Å². The number of carbonyl (C=O) groups excluding carboxylic acids is 1. The number of fused-ring (bicyclic) bond motifs is 1. The largest absolute Gasteiger partial charge is 0.465 e. The van der Waals surface area contributed by atoms with E-state index in [-0.39, 0.29) is 22.9 Å². The minimum Gasteiger partial charge on any atom is -0.465 e. The highest BCUT2D eigenvalue weighted by Gasteiger charge is 2.74. The molecule has 28 heavy (non-hydrogen) atoms. The van der Waals surface area contributed by atoms with Gasteiger partial charge < -0.3 is 14.6 Å². The number of benzene rings is 1. The van der Waals surface area contributed by atoms with Crippen LogP contribution in [0.2, 0.25) is 0 Å². The number of esters is 1. The third-order valence-corrected chi connectivity index (χ3v) is 6.60. The Morgan fingerprint density at radius 3 is 2.43 bits per heavy atom. The van der Waals surface area contributed by atoms with Crippen LogP contribution >= 0.6 is 0 Å². The fourth-order valence-electron chi connectivity index (χ4n) is 5.87. The second kappa shape index (κ2) is 7.00. The Labute approximate surface area is 168 Å². The lowest BCUT2D eigenvalue weighted by Gasteiger charge is -2.45. The van der Waals surface area contributed by atoms with Crippen LogP contribution in [-0.2, 0) is 20.9 Å². The molecule has 1 saturated carbocycles. The average Bonchev–Trinajstić information content (AvgIpc) is 2.97. The summed E-state index contributed by atoms with van der Waals surface area (Å²) in [6, 6.07) is 10.0. The number of hydrogen-bond acceptors (Lipinski definition) is 4. The second-order valence-electron chi connectivity index (χ2n) is 9.81. The molecule has 0 saturated heterocycles. The first-order chi connectivity index (χ1) is 13.0. The minimum atomic E-state index is -1.13. The Morgan fingerprint density at radius 1 is 1.21 bits per heavy atom. The fourth-order valence-corrected chi connectivity index (χ4v) is 5.87. The van der Waals surface area contributed by atoms with E-state index in [0.29, 0.717) is 13.2 Å². The molecule has 0 bridgehead atoms. The van der Waals surface area contributed by atoms with Gasteiger partial charge in [-0.2, -0.15) is 0 Å². The van der Waals surface area contributed by atoms with Crippen LogP contribution in [-0.4, -0.2) is 29.4 Å². The first kappa shape index (κ1) is 21.1. The molecule has 3 rings (SSSR count). The van der Waals surface area contributed by atoms with Gasteiger partial charge in [0.05, 0.1) is 24.9 Å². The lowest BCUT2D eigenvalue weighted by atomic mass is 9.61. The lowest BCUT2D eigenvalue weighted by Crippen LogP contribution is -2.55. The van der Waals surface area contributed by atoms with Gasteiger partial charge in [0.1, 0.15) is 5.41 Å². The van der Waals surface area contributed by atoms with Crippen LogP contribution in [0.1, 0.15) is 59.9 Å². The van der Waals surface area contributed by atoms with Crippen LogP contribution in [0.25, 0.3) is 0 Å². The Hall–Kier alpha value is -1.65. The molecule has 0 heterocycles. The van der Waals surface area contributed by atoms with Gasteiger partial charge in [-0.15, -0.1) is 0 Å². The SMILES string of the molecule is CCOC(=O)[C@]12C(C(C)(C)O)=CC[C@@]1(C)CC(C)(C)[C@H]2OCc1ccccc1. The molecule has 0 unspecified atom stereocenters. The van der Waals surface area contributed by atoms with Crippen molar-refractivity contribution < 1.29 is 19.4 Å². The summed E-state index contributed by atoms with van der Waals surface area (Å²) >= 11 is 0. The van der Waals surface area contributed by atoms with Gasteiger partial charge >= 0.3 is 5.97 Å². The highest BCUT2D eigenvalue weighted by atomic mass is 16.5. The quantitative estimate of drug-likeness (QED) is 0.571. The van der Waals surface area contributed by atoms with E-state index in [1.165, 1.54) is 0 Å². The molecule has 2 aliphatic rings. The van der Waals surface area contributed by atoms with E-state index in [0.717, 1.165) is 24.0 Å². The van der Waals surface area contributed by atoms with E-state index in [4.69, 9.17) is 9.47 Å². The van der Waals surface area contributed by atoms with Crippen molar-refractivity contribution in [2.45, 2.75) is 72.7 Å². The molecule has 154 valence electrons. The topological polar surface area (TPSA) is 55.8 Å². The molecular weight excluding hydrogens is 352 g/mol. The molecule has 1 fully saturated rings. The molecule has 1 aromatic rings. The number of rotatable bonds is 6. The van der Waals surface area contributed by atoms with Crippen LogP contribution in [0.15, 0.2) is 42.0 Å². The lowest BCUT2D eigenvalue weighted by molar-refractivity contribution is -0.174. The Bertz CT molecular complexity index is 759. The van der Waals surface area contributed by atoms with E-state index >= 15 is 0 Å². The van der Waals surface area contributed by atoms with Gasteiger partial charge in [-0.25, -0.2) is 0 Å². The van der Waals surface area contributed by atoms with Gasteiger partial charge in [0.25, 0.3) is 0 Å². The number of carbonyl (C=O) groups is 1. The van der Waals surface area contributed by atoms with E-state index < -0.39 is 11.0 Å². The summed E-state index contributed by atoms with van der Waals surface area (Å²) in [4.78, 5) is 13.6. The fraction of sp³-hybridized carbons (Fsp3) is 0.625. The summed E-state index contributed by atoms with van der Waals surface area (Å²) in [5, 5.41) is 11.0. The normalized spacial score (nSPS) is 31.4. The van der Waals surface area contributed by atoms with E-state index in [9.17, 15) is 9.90 Å². The molecule has 4 heteroatoms. The molecule has 3 atom stereocenters. The van der Waals surface area contributed by atoms with Crippen molar-refractivity contribution in [1.29, 1.82) is 0 Å². The standard InChI is InChI=1S/C24H34O4/c1-7-27-20(25)24-18(22(4,5)26)13-14-23(24,6)16-21(2,3)19(24)28-15-17-11-9-8-10-12-17/h8-13,19,26H,7,14-16H2,1-6H3/t19-,23+,24-/m1/s1. The van der Waals surface area contributed by atoms with Gasteiger partial charge in [0.2, 0.25) is 0 Å². The van der Waals surface area contributed by atoms with Crippen molar-refractivity contribution in [1.82, 2.24) is 0 Å². The number of allylic oxidation sites excluding steroid dienone is 1. The highest BCUT2D eigenvalue weighted by Crippen LogP contribution is 2.70. The van der Waals surface area contributed by atoms with Crippen LogP contribution in [0.4, 0.5) is 0 Å². The average molecular weight is 387 g/mol. The summed E-state index contributed by atoms with van der Waals surface area (Å²) in [5.74, 6) is -0.271. The van der Waals surface area contributed by atoms with Crippen molar-refractivity contribution in [3.8, 4) is 0 Å². The Morgan fingerprint density at radius 2 is 1.86 bits per heavy atom. The van der Waals surface area contributed by atoms with E-state index in [2.05, 4.69) is 20.8 Å². The molecule has 4 nitrogen and oxygen atoms in total. The zero-order chi connectivity index (χ0) is 20.8. The third-order valence-electron chi connectivity index (χ3n) is 6.60. The van der Waals surface area contributed by atoms with Crippen LogP contribution in [0.3, 0.4) is 0 Å². The van der Waals surface area contributed by atoms with Crippen molar-refractivity contribution in [2.75, 3.05) is 6.61 Å². The molecule has 2 aliphatic carbocycles. The molecular formula is C24H34O4. The summed E-state index contributed by atoms with van der Waals surface area (Å²) < 4.78 is 12.2. The summed E-state index contributed by atoms with van der Waals surface area (Å²) in [6.45, 7) is 12.5. The first-order valence-corrected chi connectivity index (χ1v) is 10.3. The molecule has 0 aliphatic heterocycles. The monoisotopic (exact) mass is 386 g/mol. The maximum absolute atomic E-state index is 13.6. The predicted octanol–water partition coefficient (Wildman–Crippen LogP) is 4.66. The predicted molar refractivity (Wildman–Crippen MR) is 110 cm³/mol. The summed E-state index contributed by atoms with van der Waals surface area (Å²) in [7, 11) is 0. The van der Waals surface area contributed by atoms with Gasteiger partial charge in [0, 0.05) is 0 Å². The van der Waals surface area contributed by atoms with Gasteiger partial charge in [-0.1, -0.05) is 57.2 Å². The summed E-state index contributed by atoms with van der Waals surface area (Å²) in [6.07, 6.45) is 3.23. The zero-order valence-electron chi connectivity index (χ0n) is 18.0. The van der Waals surface area contributed by atoms with Gasteiger partial charge in [-0.3, -0.25) is 4.79 Å². The maximum Gasteiger partial charge on any atom is 0.319 e. The zero-order valence-corrected chi connectivity index (χ0v) is 18.0. The molecule has 0 amide bonds. The van der Waals surface area contributed by atoms with Crippen molar-refractivity contribution in [3.63, 3.8) is 0 Å². The maximum atomic E-state index is 13.6. The number of ether oxygens (including phenoxy) is 2. The molecule has 0 aromatic heterocycles. The van der Waals surface area contributed by atoms with Crippen molar-refractivity contribution in [3.05, 3.63) is 47.5 Å². The Kier molecular flexibility index (Phi) is 5.26. The van der Waals surface area contributed by atoms with Gasteiger partial charge in [-0.05, 0) is 55.6 Å². The Balaban J connectivity index is 2.10. The highest BCUT2D eigenvalue weighted by molar-refractivity contribution is 5.85. The second-order valence-corrected chi connectivity index (χ2v) is 9.81. The van der Waals surface area contributed by atoms with Crippen LogP contribution < -0.4 is 0 Å². The molecule has 0 spiro atoms. The summed E-state index contributed by atoms with van der Waals surface area (Å²) in [5.41, 5.74) is -0.887. The number of hydrogen-bond donors (Lipinski definition) is 1. The third kappa shape index (κ3) is 3.11. The smallest absolute Gasteiger partial charge is 0.319 e. The van der Waals surface area contributed by atoms with Crippen LogP contribution in [0.5, 0.6) is 0 Å². The minimum absolute atomic E-state index is 0.235. The van der Waals surface area contributed by atoms with Crippen LogP contribution in [0, 0.1) is 16.2 Å². The first-order valence-electron chi connectivity index (χ1n) is 10.3. The molecule has 0 radical (unpaired) electrons. The number of aliphatic hydroxyl groups is 1. The van der Waals surface area contributed by atoms with Gasteiger partial charge in [0.15, 0.2) is 0 Å². The van der Waals surface area contributed by atoms with Crippen molar-refractivity contribution in [2.24, 2.45) is 16.2 Å². The van der Waals surface area contributed by atoms with E-state index in [1.807, 2.05) is 43.3 Å². The molecule has 1 N–H and O–H groups in total. The molecule has 1 aromatic carbocycles.